The summed E-state index contributed by atoms with van der Waals surface area (Å²) in [6.45, 7) is 2.20. The highest BCUT2D eigenvalue weighted by molar-refractivity contribution is 5.94. The van der Waals surface area contributed by atoms with Crippen LogP contribution in [-0.2, 0) is 6.42 Å². The summed E-state index contributed by atoms with van der Waals surface area (Å²) < 4.78 is 0. The summed E-state index contributed by atoms with van der Waals surface area (Å²) in [7, 11) is 4.01. The fourth-order valence-electron chi connectivity index (χ4n) is 4.50. The normalized spacial score (nSPS) is 18.2. The van der Waals surface area contributed by atoms with Crippen LogP contribution in [0.5, 0.6) is 0 Å². The molecule has 0 atom stereocenters. The van der Waals surface area contributed by atoms with Gasteiger partial charge < -0.3 is 15.5 Å². The van der Waals surface area contributed by atoms with Gasteiger partial charge in [-0.1, -0.05) is 37.6 Å². The summed E-state index contributed by atoms with van der Waals surface area (Å²) in [6.07, 6.45) is 7.31. The van der Waals surface area contributed by atoms with Gasteiger partial charge in [-0.2, -0.15) is 4.98 Å². The average molecular weight is 446 g/mol. The molecule has 2 aromatic carbocycles. The second-order valence-corrected chi connectivity index (χ2v) is 9.25. The molecule has 1 amide bonds. The lowest BCUT2D eigenvalue weighted by Gasteiger charge is -2.30. The molecule has 1 saturated carbocycles. The van der Waals surface area contributed by atoms with Crippen molar-refractivity contribution in [3.8, 4) is 0 Å². The van der Waals surface area contributed by atoms with Gasteiger partial charge in [-0.05, 0) is 68.4 Å². The van der Waals surface area contributed by atoms with Gasteiger partial charge in [-0.15, -0.1) is 0 Å². The van der Waals surface area contributed by atoms with E-state index in [1.807, 2.05) is 49.3 Å². The number of rotatable bonds is 8. The molecule has 174 valence electrons. The number of hydrogen-bond acceptors (Lipinski definition) is 5. The van der Waals surface area contributed by atoms with E-state index in [0.29, 0.717) is 12.0 Å². The van der Waals surface area contributed by atoms with Gasteiger partial charge in [-0.25, -0.2) is 4.98 Å². The molecule has 0 bridgehead atoms. The molecule has 6 nitrogen and oxygen atoms in total. The second-order valence-electron chi connectivity index (χ2n) is 9.25. The summed E-state index contributed by atoms with van der Waals surface area (Å²) in [5.74, 6) is 1.62. The summed E-state index contributed by atoms with van der Waals surface area (Å²) in [4.78, 5) is 24.2. The SMILES string of the molecule is CCCCc1ccc(C(=O)N[C@H]2CC[C@@H](Nc3nc(N(C)C)c4ccccc4n3)CC2)cc1. The summed E-state index contributed by atoms with van der Waals surface area (Å²) in [5.41, 5.74) is 2.99. The Morgan fingerprint density at radius 3 is 2.36 bits per heavy atom. The van der Waals surface area contributed by atoms with Gasteiger partial charge >= 0.3 is 0 Å². The monoisotopic (exact) mass is 445 g/mol. The first-order chi connectivity index (χ1) is 16.0. The van der Waals surface area contributed by atoms with Gasteiger partial charge in [0.2, 0.25) is 5.95 Å². The van der Waals surface area contributed by atoms with Crippen molar-refractivity contribution in [1.29, 1.82) is 0 Å². The number of unbranched alkanes of at least 4 members (excludes halogenated alkanes) is 1. The van der Waals surface area contributed by atoms with Crippen LogP contribution in [0.4, 0.5) is 11.8 Å². The second kappa shape index (κ2) is 10.6. The quantitative estimate of drug-likeness (QED) is 0.499. The number of amides is 1. The molecule has 1 aliphatic carbocycles. The molecule has 6 heteroatoms. The molecular formula is C27H35N5O. The maximum Gasteiger partial charge on any atom is 0.251 e. The van der Waals surface area contributed by atoms with Crippen LogP contribution in [0.25, 0.3) is 10.9 Å². The van der Waals surface area contributed by atoms with Crippen molar-refractivity contribution in [2.24, 2.45) is 0 Å². The van der Waals surface area contributed by atoms with Crippen molar-refractivity contribution in [3.63, 3.8) is 0 Å². The van der Waals surface area contributed by atoms with Crippen molar-refractivity contribution in [2.45, 2.75) is 64.0 Å². The summed E-state index contributed by atoms with van der Waals surface area (Å²) >= 11 is 0. The number of nitrogens with zero attached hydrogens (tertiary/aromatic N) is 3. The lowest BCUT2D eigenvalue weighted by molar-refractivity contribution is 0.0926. The lowest BCUT2D eigenvalue weighted by Crippen LogP contribution is -2.40. The number of aryl methyl sites for hydroxylation is 1. The van der Waals surface area contributed by atoms with Crippen molar-refractivity contribution in [2.75, 3.05) is 24.3 Å². The van der Waals surface area contributed by atoms with E-state index in [-0.39, 0.29) is 11.9 Å². The minimum atomic E-state index is 0.0296. The number of aromatic nitrogens is 2. The minimum absolute atomic E-state index is 0.0296. The third-order valence-electron chi connectivity index (χ3n) is 6.44. The van der Waals surface area contributed by atoms with Crippen molar-refractivity contribution in [3.05, 3.63) is 59.7 Å². The molecule has 1 fully saturated rings. The third-order valence-corrected chi connectivity index (χ3v) is 6.44. The van der Waals surface area contributed by atoms with Crippen molar-refractivity contribution >= 4 is 28.6 Å². The number of nitrogens with one attached hydrogen (secondary N) is 2. The predicted octanol–water partition coefficient (Wildman–Crippen LogP) is 5.19. The number of anilines is 2. The van der Waals surface area contributed by atoms with Gasteiger partial charge in [0.1, 0.15) is 5.82 Å². The summed E-state index contributed by atoms with van der Waals surface area (Å²) in [6, 6.07) is 16.7. The van der Waals surface area contributed by atoms with E-state index in [0.717, 1.165) is 54.4 Å². The Labute approximate surface area is 196 Å². The van der Waals surface area contributed by atoms with Crippen LogP contribution in [0.15, 0.2) is 48.5 Å². The lowest BCUT2D eigenvalue weighted by atomic mass is 9.91. The Morgan fingerprint density at radius 1 is 0.970 bits per heavy atom. The predicted molar refractivity (Wildman–Crippen MR) is 136 cm³/mol. The van der Waals surface area contributed by atoms with Crippen LogP contribution in [0.3, 0.4) is 0 Å². The van der Waals surface area contributed by atoms with Crippen LogP contribution in [-0.4, -0.2) is 42.1 Å². The van der Waals surface area contributed by atoms with E-state index in [1.54, 1.807) is 0 Å². The zero-order valence-electron chi connectivity index (χ0n) is 20.0. The molecule has 0 radical (unpaired) electrons. The Hall–Kier alpha value is -3.15. The van der Waals surface area contributed by atoms with Gasteiger partial charge in [0, 0.05) is 37.1 Å². The van der Waals surface area contributed by atoms with E-state index in [9.17, 15) is 4.79 Å². The minimum Gasteiger partial charge on any atom is -0.362 e. The van der Waals surface area contributed by atoms with E-state index in [2.05, 4.69) is 35.8 Å². The standard InChI is InChI=1S/C27H35N5O/c1-4-5-8-19-11-13-20(14-12-19)26(33)28-21-15-17-22(18-16-21)29-27-30-24-10-7-6-9-23(24)25(31-27)32(2)3/h6-7,9-14,21-22H,4-5,8,15-18H2,1-3H3,(H,28,33)(H,29,30,31)/t21-,22+. The molecule has 2 N–H and O–H groups in total. The number of fused-ring (bicyclic) bond motifs is 1. The first-order valence-electron chi connectivity index (χ1n) is 12.1. The third kappa shape index (κ3) is 5.81. The van der Waals surface area contributed by atoms with E-state index in [1.165, 1.54) is 18.4 Å². The van der Waals surface area contributed by atoms with Crippen LogP contribution < -0.4 is 15.5 Å². The Morgan fingerprint density at radius 2 is 1.67 bits per heavy atom. The molecule has 0 unspecified atom stereocenters. The molecule has 0 saturated heterocycles. The fourth-order valence-corrected chi connectivity index (χ4v) is 4.50. The number of benzene rings is 2. The van der Waals surface area contributed by atoms with Crippen LogP contribution in [0, 0.1) is 0 Å². The van der Waals surface area contributed by atoms with Gasteiger partial charge in [0.15, 0.2) is 0 Å². The number of carbonyl (C=O) groups excluding carboxylic acids is 1. The molecule has 33 heavy (non-hydrogen) atoms. The number of hydrogen-bond donors (Lipinski definition) is 2. The largest absolute Gasteiger partial charge is 0.362 e. The highest BCUT2D eigenvalue weighted by Crippen LogP contribution is 2.26. The molecule has 4 rings (SSSR count). The van der Waals surface area contributed by atoms with Crippen molar-refractivity contribution in [1.82, 2.24) is 15.3 Å². The number of carbonyl (C=O) groups is 1. The van der Waals surface area contributed by atoms with E-state index >= 15 is 0 Å². The Kier molecular flexibility index (Phi) is 7.43. The molecule has 1 aliphatic rings. The average Bonchev–Trinajstić information content (AvgIpc) is 2.83. The highest BCUT2D eigenvalue weighted by Gasteiger charge is 2.24. The first kappa shape index (κ1) is 23.0. The molecular weight excluding hydrogens is 410 g/mol. The van der Waals surface area contributed by atoms with Crippen LogP contribution >= 0.6 is 0 Å². The highest BCUT2D eigenvalue weighted by atomic mass is 16.1. The molecule has 0 spiro atoms. The van der Waals surface area contributed by atoms with E-state index < -0.39 is 0 Å². The smallest absolute Gasteiger partial charge is 0.251 e. The Bertz CT molecular complexity index is 1070. The molecule has 0 aliphatic heterocycles. The topological polar surface area (TPSA) is 70.2 Å². The van der Waals surface area contributed by atoms with Crippen LogP contribution in [0.2, 0.25) is 0 Å². The zero-order chi connectivity index (χ0) is 23.2. The molecule has 1 heterocycles. The molecule has 3 aromatic rings. The Balaban J connectivity index is 1.31. The van der Waals surface area contributed by atoms with Gasteiger partial charge in [0.25, 0.3) is 5.91 Å². The van der Waals surface area contributed by atoms with Crippen LogP contribution in [0.1, 0.15) is 61.4 Å². The van der Waals surface area contributed by atoms with Gasteiger partial charge in [0.05, 0.1) is 5.52 Å². The van der Waals surface area contributed by atoms with E-state index in [4.69, 9.17) is 9.97 Å². The summed E-state index contributed by atoms with van der Waals surface area (Å²) in [5, 5.41) is 7.81. The fraction of sp³-hybridized carbons (Fsp3) is 0.444. The van der Waals surface area contributed by atoms with Gasteiger partial charge in [-0.3, -0.25) is 4.79 Å². The maximum absolute atomic E-state index is 12.7. The first-order valence-corrected chi connectivity index (χ1v) is 12.1. The van der Waals surface area contributed by atoms with Crippen molar-refractivity contribution < 1.29 is 4.79 Å². The molecule has 1 aromatic heterocycles. The zero-order valence-corrected chi connectivity index (χ0v) is 20.0. The maximum atomic E-state index is 12.7. The number of para-hydroxylation sites is 1.